The second kappa shape index (κ2) is 2.96. The maximum Gasteiger partial charge on any atom is 0.106 e. The van der Waals surface area contributed by atoms with E-state index in [2.05, 4.69) is 6.07 Å². The van der Waals surface area contributed by atoms with E-state index in [0.29, 0.717) is 4.91 Å². The first-order valence-electron chi connectivity index (χ1n) is 3.13. The van der Waals surface area contributed by atoms with E-state index in [9.17, 15) is 0 Å². The van der Waals surface area contributed by atoms with E-state index in [1.807, 2.05) is 6.07 Å². The summed E-state index contributed by atoms with van der Waals surface area (Å²) in [7, 11) is 0. The van der Waals surface area contributed by atoms with Gasteiger partial charge in [0, 0.05) is 0 Å². The molecule has 2 atom stereocenters. The molecule has 2 unspecified atom stereocenters. The number of nitrogens with zero attached hydrogens (tertiary/aromatic N) is 2. The minimum atomic E-state index is -0.283. The van der Waals surface area contributed by atoms with Gasteiger partial charge in [0.1, 0.15) is 6.07 Å². The first-order chi connectivity index (χ1) is 5.20. The Bertz CT molecular complexity index is 281. The highest BCUT2D eigenvalue weighted by atomic mass is 32.2. The quantitative estimate of drug-likeness (QED) is 0.580. The maximum atomic E-state index is 8.63. The summed E-state index contributed by atoms with van der Waals surface area (Å²) in [6, 6.07) is 4.09. The average Bonchev–Trinajstić information content (AvgIpc) is 2.26. The molecule has 0 aromatic heterocycles. The van der Waals surface area contributed by atoms with Gasteiger partial charge in [-0.05, 0) is 12.5 Å². The van der Waals surface area contributed by atoms with Crippen molar-refractivity contribution in [3.8, 4) is 12.1 Å². The Balaban J connectivity index is 2.96. The lowest BCUT2D eigenvalue weighted by atomic mass is 10.0. The Morgan fingerprint density at radius 2 is 2.18 bits per heavy atom. The zero-order valence-corrected chi connectivity index (χ0v) is 6.85. The number of hydrogen-bond donors (Lipinski definition) is 1. The third-order valence-corrected chi connectivity index (χ3v) is 2.84. The lowest BCUT2D eigenvalue weighted by Crippen LogP contribution is -2.21. The molecule has 0 saturated heterocycles. The van der Waals surface area contributed by atoms with Crippen molar-refractivity contribution in [2.24, 2.45) is 11.7 Å². The Labute approximate surface area is 69.5 Å². The van der Waals surface area contributed by atoms with Crippen molar-refractivity contribution in [2.45, 2.75) is 12.3 Å². The van der Waals surface area contributed by atoms with Crippen LogP contribution in [0.25, 0.3) is 0 Å². The van der Waals surface area contributed by atoms with Crippen LogP contribution in [0, 0.1) is 28.6 Å². The predicted molar refractivity (Wildman–Crippen MR) is 43.0 cm³/mol. The molecule has 0 radical (unpaired) electrons. The topological polar surface area (TPSA) is 73.6 Å². The Morgan fingerprint density at radius 1 is 1.55 bits per heavy atom. The number of nitriles is 2. The molecule has 0 aromatic rings. The molecule has 11 heavy (non-hydrogen) atoms. The summed E-state index contributed by atoms with van der Waals surface area (Å²) in [5.41, 5.74) is 6.41. The Morgan fingerprint density at radius 3 is 2.45 bits per heavy atom. The van der Waals surface area contributed by atoms with Gasteiger partial charge in [-0.1, -0.05) is 11.8 Å². The van der Waals surface area contributed by atoms with Gasteiger partial charge in [-0.3, -0.25) is 0 Å². The normalized spacial score (nSPS) is 29.8. The second-order valence-electron chi connectivity index (χ2n) is 2.31. The van der Waals surface area contributed by atoms with Crippen LogP contribution in [0.3, 0.4) is 0 Å². The lowest BCUT2D eigenvalue weighted by molar-refractivity contribution is 0.750. The Hall–Kier alpha value is -0.970. The van der Waals surface area contributed by atoms with Gasteiger partial charge in [-0.15, -0.1) is 0 Å². The molecule has 1 heterocycles. The van der Waals surface area contributed by atoms with E-state index < -0.39 is 0 Å². The highest BCUT2D eigenvalue weighted by molar-refractivity contribution is 8.04. The van der Waals surface area contributed by atoms with Gasteiger partial charge in [0.25, 0.3) is 0 Å². The zero-order valence-electron chi connectivity index (χ0n) is 6.03. The smallest absolute Gasteiger partial charge is 0.106 e. The zero-order chi connectivity index (χ0) is 8.43. The molecule has 1 aliphatic heterocycles. The van der Waals surface area contributed by atoms with E-state index in [0.717, 1.165) is 5.57 Å². The lowest BCUT2D eigenvalue weighted by Gasteiger charge is -2.05. The molecule has 4 heteroatoms. The van der Waals surface area contributed by atoms with Crippen LogP contribution in [-0.2, 0) is 0 Å². The SMILES string of the molecule is CC1=C(C#N)SC(N)C1C#N. The largest absolute Gasteiger partial charge is 0.318 e. The van der Waals surface area contributed by atoms with Gasteiger partial charge in [-0.2, -0.15) is 10.5 Å². The number of allylic oxidation sites excluding steroid dienone is 1. The van der Waals surface area contributed by atoms with E-state index in [4.69, 9.17) is 16.3 Å². The molecule has 1 aliphatic rings. The second-order valence-corrected chi connectivity index (χ2v) is 3.50. The third kappa shape index (κ3) is 1.23. The van der Waals surface area contributed by atoms with E-state index in [1.165, 1.54) is 11.8 Å². The van der Waals surface area contributed by atoms with Crippen molar-refractivity contribution >= 4 is 11.8 Å². The minimum absolute atomic E-state index is 0.255. The summed E-state index contributed by atoms with van der Waals surface area (Å²) >= 11 is 1.28. The molecule has 0 bridgehead atoms. The van der Waals surface area contributed by atoms with Gasteiger partial charge in [-0.25, -0.2) is 0 Å². The van der Waals surface area contributed by atoms with Crippen molar-refractivity contribution in [3.63, 3.8) is 0 Å². The van der Waals surface area contributed by atoms with Crippen LogP contribution in [0.2, 0.25) is 0 Å². The molecule has 0 fully saturated rings. The van der Waals surface area contributed by atoms with Crippen LogP contribution in [0.15, 0.2) is 10.5 Å². The molecule has 56 valence electrons. The van der Waals surface area contributed by atoms with Crippen LogP contribution in [0.4, 0.5) is 0 Å². The van der Waals surface area contributed by atoms with Crippen molar-refractivity contribution < 1.29 is 0 Å². The van der Waals surface area contributed by atoms with Gasteiger partial charge in [0.05, 0.1) is 22.3 Å². The van der Waals surface area contributed by atoms with Crippen LogP contribution < -0.4 is 5.73 Å². The summed E-state index contributed by atoms with van der Waals surface area (Å²) in [6.07, 6.45) is 0. The minimum Gasteiger partial charge on any atom is -0.318 e. The van der Waals surface area contributed by atoms with E-state index >= 15 is 0 Å². The first kappa shape index (κ1) is 8.13. The number of thioether (sulfide) groups is 1. The van der Waals surface area contributed by atoms with Gasteiger partial charge in [0.2, 0.25) is 0 Å². The van der Waals surface area contributed by atoms with E-state index in [1.54, 1.807) is 6.92 Å². The summed E-state index contributed by atoms with van der Waals surface area (Å²) in [4.78, 5) is 0.601. The molecule has 0 saturated carbocycles. The summed E-state index contributed by atoms with van der Waals surface area (Å²) in [5.74, 6) is -0.283. The molecule has 3 nitrogen and oxygen atoms in total. The van der Waals surface area contributed by atoms with Gasteiger partial charge >= 0.3 is 0 Å². The fourth-order valence-corrected chi connectivity index (χ4v) is 2.01. The monoisotopic (exact) mass is 165 g/mol. The fraction of sp³-hybridized carbons (Fsp3) is 0.429. The molecule has 0 amide bonds. The van der Waals surface area contributed by atoms with Crippen molar-refractivity contribution in [1.29, 1.82) is 10.5 Å². The first-order valence-corrected chi connectivity index (χ1v) is 4.01. The van der Waals surface area contributed by atoms with Crippen LogP contribution in [0.5, 0.6) is 0 Å². The van der Waals surface area contributed by atoms with Crippen molar-refractivity contribution in [3.05, 3.63) is 10.5 Å². The summed E-state index contributed by atoms with van der Waals surface area (Å²) in [6.45, 7) is 1.78. The number of rotatable bonds is 0. The van der Waals surface area contributed by atoms with Crippen molar-refractivity contribution in [1.82, 2.24) is 0 Å². The number of nitrogens with two attached hydrogens (primary N) is 1. The molecule has 1 rings (SSSR count). The van der Waals surface area contributed by atoms with Crippen LogP contribution in [-0.4, -0.2) is 5.37 Å². The molecule has 0 aliphatic carbocycles. The molecule has 2 N–H and O–H groups in total. The predicted octanol–water partition coefficient (Wildman–Crippen LogP) is 0.955. The van der Waals surface area contributed by atoms with Crippen molar-refractivity contribution in [2.75, 3.05) is 0 Å². The fourth-order valence-electron chi connectivity index (χ4n) is 0.970. The van der Waals surface area contributed by atoms with Crippen LogP contribution >= 0.6 is 11.8 Å². The average molecular weight is 165 g/mol. The molecule has 0 aromatic carbocycles. The van der Waals surface area contributed by atoms with E-state index in [-0.39, 0.29) is 11.3 Å². The highest BCUT2D eigenvalue weighted by Gasteiger charge is 2.30. The number of hydrogen-bond acceptors (Lipinski definition) is 4. The van der Waals surface area contributed by atoms with Crippen LogP contribution in [0.1, 0.15) is 6.92 Å². The third-order valence-electron chi connectivity index (χ3n) is 1.65. The molecular weight excluding hydrogens is 158 g/mol. The molecular formula is C7H7N3S. The Kier molecular flexibility index (Phi) is 2.19. The maximum absolute atomic E-state index is 8.63. The van der Waals surface area contributed by atoms with Gasteiger partial charge < -0.3 is 5.73 Å². The summed E-state index contributed by atoms with van der Waals surface area (Å²) in [5, 5.41) is 17.0. The van der Waals surface area contributed by atoms with Gasteiger partial charge in [0.15, 0.2) is 0 Å². The molecule has 0 spiro atoms. The standard InChI is InChI=1S/C7H7N3S/c1-4-5(2-8)7(10)11-6(4)3-9/h5,7H,10H2,1H3. The summed E-state index contributed by atoms with van der Waals surface area (Å²) < 4.78 is 0. The highest BCUT2D eigenvalue weighted by Crippen LogP contribution is 2.38.